The molecule has 0 aliphatic rings. The van der Waals surface area contributed by atoms with Gasteiger partial charge in [-0.15, -0.1) is 0 Å². The van der Waals surface area contributed by atoms with Crippen LogP contribution in [0, 0.1) is 0 Å². The zero-order chi connectivity index (χ0) is 28.2. The highest BCUT2D eigenvalue weighted by molar-refractivity contribution is 5.20. The van der Waals surface area contributed by atoms with Gasteiger partial charge >= 0.3 is 0 Å². The first-order chi connectivity index (χ1) is 19.6. The molecule has 0 radical (unpaired) electrons. The third-order valence-corrected chi connectivity index (χ3v) is 8.67. The molecule has 0 saturated carbocycles. The number of nitrogens with zero attached hydrogens (tertiary/aromatic N) is 4. The number of hydrogen-bond acceptors (Lipinski definition) is 2. The van der Waals surface area contributed by atoms with Gasteiger partial charge in [0.25, 0.3) is 0 Å². The summed E-state index contributed by atoms with van der Waals surface area (Å²) in [5.41, 5.74) is 5.67. The van der Waals surface area contributed by atoms with E-state index in [0.29, 0.717) is 23.7 Å². The summed E-state index contributed by atoms with van der Waals surface area (Å²) in [6.07, 6.45) is 23.7. The quantitative estimate of drug-likeness (QED) is 0.141. The van der Waals surface area contributed by atoms with Crippen LogP contribution in [0.4, 0.5) is 0 Å². The smallest absolute Gasteiger partial charge is 0.169 e. The first kappa shape index (κ1) is 35.8. The van der Waals surface area contributed by atoms with Gasteiger partial charge in [0.05, 0.1) is 0 Å². The van der Waals surface area contributed by atoms with Gasteiger partial charge in [0.15, 0.2) is 24.8 Å². The summed E-state index contributed by atoms with van der Waals surface area (Å²) in [6, 6.07) is 17.9. The van der Waals surface area contributed by atoms with Crippen LogP contribution in [0.15, 0.2) is 98.1 Å². The van der Waals surface area contributed by atoms with Gasteiger partial charge in [-0.2, -0.15) is 0 Å². The summed E-state index contributed by atoms with van der Waals surface area (Å²) in [7, 11) is 0. The van der Waals surface area contributed by atoms with Crippen LogP contribution < -0.4 is 43.1 Å². The number of rotatable bonds is 15. The molecule has 4 heterocycles. The minimum Gasteiger partial charge on any atom is -1.00 e. The van der Waals surface area contributed by atoms with Crippen molar-refractivity contribution in [1.29, 1.82) is 0 Å². The van der Waals surface area contributed by atoms with Crippen LogP contribution in [-0.4, -0.2) is 9.97 Å². The molecular weight excluding hydrogens is 648 g/mol. The highest BCUT2D eigenvalue weighted by Gasteiger charge is 2.17. The molecule has 4 unspecified atom stereocenters. The van der Waals surface area contributed by atoms with Crippen molar-refractivity contribution < 1.29 is 43.1 Å². The Balaban J connectivity index is 0.00000308. The minimum atomic E-state index is 0. The maximum absolute atomic E-state index is 4.18. The van der Waals surface area contributed by atoms with Crippen molar-refractivity contribution in [2.24, 2.45) is 0 Å². The minimum absolute atomic E-state index is 0. The molecule has 0 spiro atoms. The van der Waals surface area contributed by atoms with Gasteiger partial charge in [-0.05, 0) is 95.9 Å². The molecular formula is C36H48Br2N4. The lowest BCUT2D eigenvalue weighted by atomic mass is 9.85. The van der Waals surface area contributed by atoms with Crippen molar-refractivity contribution in [3.05, 3.63) is 120 Å². The second kappa shape index (κ2) is 19.0. The molecule has 4 aromatic heterocycles. The molecule has 4 atom stereocenters. The monoisotopic (exact) mass is 694 g/mol. The number of unbranched alkanes of at least 4 members (excludes halogenated alkanes) is 1. The fourth-order valence-electron chi connectivity index (χ4n) is 5.96. The van der Waals surface area contributed by atoms with Crippen LogP contribution in [-0.2, 0) is 13.1 Å². The fraction of sp³-hybridized carbons (Fsp3) is 0.444. The van der Waals surface area contributed by atoms with E-state index in [1.54, 1.807) is 0 Å². The van der Waals surface area contributed by atoms with E-state index in [9.17, 15) is 0 Å². The summed E-state index contributed by atoms with van der Waals surface area (Å²) in [5, 5.41) is 0. The Labute approximate surface area is 275 Å². The van der Waals surface area contributed by atoms with Crippen LogP contribution in [0.25, 0.3) is 0 Å². The fourth-order valence-corrected chi connectivity index (χ4v) is 5.96. The van der Waals surface area contributed by atoms with Crippen LogP contribution in [0.5, 0.6) is 0 Å². The largest absolute Gasteiger partial charge is 1.00 e. The van der Waals surface area contributed by atoms with Gasteiger partial charge in [-0.25, -0.2) is 9.13 Å². The van der Waals surface area contributed by atoms with E-state index in [2.05, 4.69) is 120 Å². The van der Waals surface area contributed by atoms with E-state index in [4.69, 9.17) is 0 Å². The van der Waals surface area contributed by atoms with Gasteiger partial charge in [0, 0.05) is 61.9 Å². The van der Waals surface area contributed by atoms with Crippen molar-refractivity contribution in [1.82, 2.24) is 9.97 Å². The molecule has 0 aliphatic carbocycles. The molecule has 0 amide bonds. The molecule has 0 fully saturated rings. The Kier molecular flexibility index (Phi) is 16.1. The number of aryl methyl sites for hydroxylation is 2. The summed E-state index contributed by atoms with van der Waals surface area (Å²) in [4.78, 5) is 8.36. The number of halogens is 2. The summed E-state index contributed by atoms with van der Waals surface area (Å²) >= 11 is 0. The Bertz CT molecular complexity index is 1150. The Morgan fingerprint density at radius 2 is 0.857 bits per heavy atom. The summed E-state index contributed by atoms with van der Waals surface area (Å²) in [6.45, 7) is 11.4. The van der Waals surface area contributed by atoms with Gasteiger partial charge in [0.1, 0.15) is 13.1 Å². The molecule has 4 rings (SSSR count). The number of aromatic nitrogens is 4. The molecule has 4 aromatic rings. The van der Waals surface area contributed by atoms with Crippen molar-refractivity contribution in [2.45, 2.75) is 103 Å². The average molecular weight is 697 g/mol. The molecule has 0 saturated heterocycles. The zero-order valence-electron chi connectivity index (χ0n) is 25.7. The van der Waals surface area contributed by atoms with E-state index < -0.39 is 0 Å². The van der Waals surface area contributed by atoms with E-state index in [1.165, 1.54) is 47.9 Å². The number of pyridine rings is 4. The molecule has 0 N–H and O–H groups in total. The predicted octanol–water partition coefficient (Wildman–Crippen LogP) is 1.91. The maximum atomic E-state index is 4.18. The standard InChI is InChI=1S/C36H48N4.2BrH/c1-5-31(35-9-17-37-18-10-35)27-29(3)33-13-23-39(24-14-33)21-7-8-22-40-25-15-34(16-26-40)30(4)28-32(6-2)36-11-19-38-20-12-36;;/h9-20,23-26,29-32H,5-8,21-22,27-28H2,1-4H3;2*1H/q+2;;/p-2. The van der Waals surface area contributed by atoms with Crippen molar-refractivity contribution in [3.8, 4) is 0 Å². The summed E-state index contributed by atoms with van der Waals surface area (Å²) < 4.78 is 4.66. The Morgan fingerprint density at radius 3 is 1.17 bits per heavy atom. The highest BCUT2D eigenvalue weighted by atomic mass is 79.9. The van der Waals surface area contributed by atoms with E-state index >= 15 is 0 Å². The van der Waals surface area contributed by atoms with Gasteiger partial charge in [-0.1, -0.05) is 27.7 Å². The Morgan fingerprint density at radius 1 is 0.524 bits per heavy atom. The van der Waals surface area contributed by atoms with E-state index in [0.717, 1.165) is 25.9 Å². The van der Waals surface area contributed by atoms with E-state index in [1.807, 2.05) is 24.8 Å². The van der Waals surface area contributed by atoms with Crippen molar-refractivity contribution in [2.75, 3.05) is 0 Å². The lowest BCUT2D eigenvalue weighted by Gasteiger charge is -2.20. The molecule has 0 bridgehead atoms. The second-order valence-electron chi connectivity index (χ2n) is 11.5. The first-order valence-electron chi connectivity index (χ1n) is 15.3. The van der Waals surface area contributed by atoms with Crippen LogP contribution in [0.2, 0.25) is 0 Å². The van der Waals surface area contributed by atoms with Crippen LogP contribution >= 0.6 is 0 Å². The summed E-state index contributed by atoms with van der Waals surface area (Å²) in [5.74, 6) is 2.25. The third kappa shape index (κ3) is 10.7. The van der Waals surface area contributed by atoms with Crippen molar-refractivity contribution >= 4 is 0 Å². The first-order valence-corrected chi connectivity index (χ1v) is 15.3. The molecule has 4 nitrogen and oxygen atoms in total. The lowest BCUT2D eigenvalue weighted by Crippen LogP contribution is -3.00. The van der Waals surface area contributed by atoms with Crippen molar-refractivity contribution in [3.63, 3.8) is 0 Å². The maximum Gasteiger partial charge on any atom is 0.169 e. The molecule has 6 heteroatoms. The third-order valence-electron chi connectivity index (χ3n) is 8.67. The molecule has 226 valence electrons. The lowest BCUT2D eigenvalue weighted by molar-refractivity contribution is -0.708. The SMILES string of the molecule is CCC(CC(C)c1cc[n+](CCCC[n+]2ccc(C(C)CC(CC)c3ccncc3)cc2)cc1)c1ccncc1.[Br-].[Br-]. The number of hydrogen-bond donors (Lipinski definition) is 0. The topological polar surface area (TPSA) is 33.5 Å². The Hall–Kier alpha value is -2.44. The van der Waals surface area contributed by atoms with Gasteiger partial charge < -0.3 is 34.0 Å². The normalized spacial score (nSPS) is 13.7. The molecule has 42 heavy (non-hydrogen) atoms. The van der Waals surface area contributed by atoms with Crippen LogP contribution in [0.1, 0.15) is 112 Å². The highest BCUT2D eigenvalue weighted by Crippen LogP contribution is 2.32. The van der Waals surface area contributed by atoms with Crippen LogP contribution in [0.3, 0.4) is 0 Å². The van der Waals surface area contributed by atoms with Gasteiger partial charge in [-0.3, -0.25) is 9.97 Å². The zero-order valence-corrected chi connectivity index (χ0v) is 28.9. The van der Waals surface area contributed by atoms with Gasteiger partial charge in [0.2, 0.25) is 0 Å². The predicted molar refractivity (Wildman–Crippen MR) is 163 cm³/mol. The van der Waals surface area contributed by atoms with E-state index in [-0.39, 0.29) is 34.0 Å². The molecule has 0 aliphatic heterocycles. The average Bonchev–Trinajstić information content (AvgIpc) is 3.02. The second-order valence-corrected chi connectivity index (χ2v) is 11.5. The molecule has 0 aromatic carbocycles.